The van der Waals surface area contributed by atoms with E-state index in [1.54, 1.807) is 32.9 Å². The molecule has 49 heavy (non-hydrogen) atoms. The third kappa shape index (κ3) is 8.18. The van der Waals surface area contributed by atoms with Crippen molar-refractivity contribution in [2.45, 2.75) is 121 Å². The summed E-state index contributed by atoms with van der Waals surface area (Å²) >= 11 is 0. The number of rotatable bonds is 5. The summed E-state index contributed by atoms with van der Waals surface area (Å²) in [4.78, 5) is 70.9. The van der Waals surface area contributed by atoms with Crippen molar-refractivity contribution in [1.29, 1.82) is 0 Å². The average molecular weight is 682 g/mol. The first kappa shape index (κ1) is 34.7. The van der Waals surface area contributed by atoms with E-state index in [0.29, 0.717) is 42.9 Å². The van der Waals surface area contributed by atoms with Crippen LogP contribution in [-0.4, -0.2) is 82.1 Å². The maximum atomic E-state index is 14.4. The van der Waals surface area contributed by atoms with Crippen molar-refractivity contribution in [2.24, 2.45) is 11.8 Å². The minimum atomic E-state index is -1.13. The van der Waals surface area contributed by atoms with Crippen molar-refractivity contribution in [3.8, 4) is 0 Å². The second kappa shape index (κ2) is 14.0. The first-order chi connectivity index (χ1) is 23.3. The highest BCUT2D eigenvalue weighted by molar-refractivity contribution is 5.98. The molecule has 13 heteroatoms. The Hall–Kier alpha value is -4.16. The Morgan fingerprint density at radius 1 is 1.08 bits per heavy atom. The molecule has 12 nitrogen and oxygen atoms in total. The van der Waals surface area contributed by atoms with Gasteiger partial charge in [0.2, 0.25) is 17.7 Å². The van der Waals surface area contributed by atoms with Crippen molar-refractivity contribution in [3.05, 3.63) is 47.3 Å². The maximum absolute atomic E-state index is 14.4. The van der Waals surface area contributed by atoms with E-state index in [4.69, 9.17) is 9.47 Å². The minimum absolute atomic E-state index is 0.00208. The number of benzene rings is 1. The number of nitrogens with zero attached hydrogens (tertiary/aromatic N) is 2. The van der Waals surface area contributed by atoms with Crippen molar-refractivity contribution in [2.75, 3.05) is 13.1 Å². The number of halogens is 1. The lowest BCUT2D eigenvalue weighted by Crippen LogP contribution is -2.58. The molecule has 0 aromatic heterocycles. The van der Waals surface area contributed by atoms with E-state index in [0.717, 1.165) is 32.1 Å². The SMILES string of the molecule is CC(C)(C)OC(=O)N[C@H]1CCCCCC=C[C@@H]2C[C@@]2(C(=O)NCC2CC2)NC(=O)[C@@H]2C[C@@H](OC(=O)N3Cc4cccc(F)c4C3)CN2C1=O. The highest BCUT2D eigenvalue weighted by Gasteiger charge is 2.61. The molecule has 6 rings (SSSR count). The minimum Gasteiger partial charge on any atom is -0.444 e. The first-order valence-corrected chi connectivity index (χ1v) is 17.6. The molecule has 3 N–H and O–H groups in total. The van der Waals surface area contributed by atoms with E-state index in [2.05, 4.69) is 16.0 Å². The highest BCUT2D eigenvalue weighted by atomic mass is 19.1. The maximum Gasteiger partial charge on any atom is 0.410 e. The Labute approximate surface area is 286 Å². The van der Waals surface area contributed by atoms with Gasteiger partial charge >= 0.3 is 12.2 Å². The van der Waals surface area contributed by atoms with Crippen molar-refractivity contribution < 1.29 is 37.8 Å². The van der Waals surface area contributed by atoms with Gasteiger partial charge in [-0.1, -0.05) is 37.1 Å². The summed E-state index contributed by atoms with van der Waals surface area (Å²) in [6.07, 6.45) is 7.78. The number of fused-ring (bicyclic) bond motifs is 3. The van der Waals surface area contributed by atoms with Crippen LogP contribution in [0.4, 0.5) is 14.0 Å². The summed E-state index contributed by atoms with van der Waals surface area (Å²) in [6, 6.07) is 2.65. The monoisotopic (exact) mass is 681 g/mol. The summed E-state index contributed by atoms with van der Waals surface area (Å²) in [5, 5.41) is 8.75. The predicted molar refractivity (Wildman–Crippen MR) is 176 cm³/mol. The Balaban J connectivity index is 1.23. The molecule has 1 aromatic carbocycles. The summed E-state index contributed by atoms with van der Waals surface area (Å²) in [5.74, 6) is -1.37. The van der Waals surface area contributed by atoms with Gasteiger partial charge in [0.15, 0.2) is 0 Å². The molecule has 3 aliphatic heterocycles. The molecule has 266 valence electrons. The number of alkyl carbamates (subject to hydrolysis) is 1. The number of amides is 5. The van der Waals surface area contributed by atoms with Crippen LogP contribution in [0.2, 0.25) is 0 Å². The molecule has 2 saturated carbocycles. The van der Waals surface area contributed by atoms with Crippen LogP contribution < -0.4 is 16.0 Å². The number of carbonyl (C=O) groups is 5. The molecule has 0 unspecified atom stereocenters. The summed E-state index contributed by atoms with van der Waals surface area (Å²) in [5.41, 5.74) is -0.796. The fourth-order valence-corrected chi connectivity index (χ4v) is 7.06. The molecule has 0 spiro atoms. The number of allylic oxidation sites excluding steroid dienone is 1. The Kier molecular flexibility index (Phi) is 9.90. The third-order valence-electron chi connectivity index (χ3n) is 10.0. The lowest BCUT2D eigenvalue weighted by molar-refractivity contribution is -0.141. The highest BCUT2D eigenvalue weighted by Crippen LogP contribution is 2.46. The molecule has 5 amide bonds. The largest absolute Gasteiger partial charge is 0.444 e. The molecule has 0 bridgehead atoms. The number of nitrogens with one attached hydrogen (secondary N) is 3. The quantitative estimate of drug-likeness (QED) is 0.398. The normalized spacial score (nSPS) is 28.7. The van der Waals surface area contributed by atoms with Gasteiger partial charge in [-0.25, -0.2) is 14.0 Å². The molecule has 5 atom stereocenters. The van der Waals surface area contributed by atoms with Gasteiger partial charge in [-0.05, 0) is 76.8 Å². The van der Waals surface area contributed by atoms with Crippen LogP contribution in [0.5, 0.6) is 0 Å². The summed E-state index contributed by atoms with van der Waals surface area (Å²) in [6.45, 7) is 5.89. The van der Waals surface area contributed by atoms with Crippen LogP contribution in [0.25, 0.3) is 0 Å². The zero-order chi connectivity index (χ0) is 34.9. The zero-order valence-electron chi connectivity index (χ0n) is 28.6. The summed E-state index contributed by atoms with van der Waals surface area (Å²) < 4.78 is 25.7. The Morgan fingerprint density at radius 3 is 2.61 bits per heavy atom. The Bertz CT molecular complexity index is 1510. The van der Waals surface area contributed by atoms with Gasteiger partial charge in [0.25, 0.3) is 0 Å². The zero-order valence-corrected chi connectivity index (χ0v) is 28.6. The average Bonchev–Trinajstić information content (AvgIpc) is 3.89. The third-order valence-corrected chi connectivity index (χ3v) is 10.0. The van der Waals surface area contributed by atoms with E-state index >= 15 is 0 Å². The molecule has 1 aromatic rings. The molecule has 1 saturated heterocycles. The second-order valence-corrected chi connectivity index (χ2v) is 15.2. The van der Waals surface area contributed by atoms with Crippen LogP contribution in [-0.2, 0) is 36.9 Å². The fraction of sp³-hybridized carbons (Fsp3) is 0.639. The summed E-state index contributed by atoms with van der Waals surface area (Å²) in [7, 11) is 0. The van der Waals surface area contributed by atoms with Crippen LogP contribution >= 0.6 is 0 Å². The molecule has 2 aliphatic carbocycles. The van der Waals surface area contributed by atoms with Gasteiger partial charge in [0.1, 0.15) is 35.1 Å². The predicted octanol–water partition coefficient (Wildman–Crippen LogP) is 4.06. The molecule has 3 fully saturated rings. The van der Waals surface area contributed by atoms with Crippen molar-refractivity contribution in [1.82, 2.24) is 25.8 Å². The van der Waals surface area contributed by atoms with E-state index in [-0.39, 0.29) is 37.9 Å². The standard InChI is InChI=1S/C36H48FN5O7/c1-35(2,3)49-33(46)39-28-13-8-6-4-5-7-11-24-17-36(24,32(45)38-18-22-14-15-22)40-30(43)29-16-25(20-42(29)31(28)44)48-34(47)41-19-23-10-9-12-27(37)26(23)21-41/h7,9-12,22,24-25,28-29H,4-6,8,13-21H2,1-3H3,(H,38,45)(H,39,46)(H,40,43)/t24-,25-,28+,29+,36-/m1/s1. The Morgan fingerprint density at radius 2 is 1.88 bits per heavy atom. The smallest absolute Gasteiger partial charge is 0.410 e. The topological polar surface area (TPSA) is 146 Å². The van der Waals surface area contributed by atoms with Gasteiger partial charge in [-0.2, -0.15) is 0 Å². The van der Waals surface area contributed by atoms with Crippen molar-refractivity contribution in [3.63, 3.8) is 0 Å². The lowest BCUT2D eigenvalue weighted by Gasteiger charge is -2.30. The van der Waals surface area contributed by atoms with E-state index in [9.17, 15) is 28.4 Å². The van der Waals surface area contributed by atoms with Gasteiger partial charge in [-0.15, -0.1) is 0 Å². The van der Waals surface area contributed by atoms with Gasteiger partial charge < -0.3 is 30.3 Å². The number of carbonyl (C=O) groups excluding carboxylic acids is 5. The number of hydrogen-bond donors (Lipinski definition) is 3. The van der Waals surface area contributed by atoms with E-state index < -0.39 is 59.1 Å². The lowest BCUT2D eigenvalue weighted by atomic mass is 10.0. The van der Waals surface area contributed by atoms with Crippen LogP contribution in [0, 0.1) is 17.7 Å². The van der Waals surface area contributed by atoms with Gasteiger partial charge in [-0.3, -0.25) is 19.3 Å². The number of hydrogen-bond acceptors (Lipinski definition) is 7. The fourth-order valence-electron chi connectivity index (χ4n) is 7.06. The van der Waals surface area contributed by atoms with Crippen LogP contribution in [0.3, 0.4) is 0 Å². The van der Waals surface area contributed by atoms with Crippen LogP contribution in [0.1, 0.15) is 89.7 Å². The first-order valence-electron chi connectivity index (χ1n) is 17.6. The van der Waals surface area contributed by atoms with Gasteiger partial charge in [0, 0.05) is 31.0 Å². The van der Waals surface area contributed by atoms with Crippen molar-refractivity contribution >= 4 is 29.9 Å². The molecular formula is C36H48FN5O7. The molecule has 3 heterocycles. The second-order valence-electron chi connectivity index (χ2n) is 15.2. The molecule has 0 radical (unpaired) electrons. The van der Waals surface area contributed by atoms with E-state index in [1.165, 1.54) is 15.9 Å². The molecule has 5 aliphatic rings. The van der Waals surface area contributed by atoms with E-state index in [1.807, 2.05) is 12.2 Å². The van der Waals surface area contributed by atoms with Crippen LogP contribution in [0.15, 0.2) is 30.4 Å². The number of ether oxygens (including phenoxy) is 2. The molecular weight excluding hydrogens is 633 g/mol. The van der Waals surface area contributed by atoms with Gasteiger partial charge in [0.05, 0.1) is 13.1 Å².